The largest absolute Gasteiger partial charge is 0.461 e. The predicted molar refractivity (Wildman–Crippen MR) is 75.0 cm³/mol. The fourth-order valence-electron chi connectivity index (χ4n) is 2.72. The van der Waals surface area contributed by atoms with Crippen LogP contribution in [-0.2, 0) is 0 Å². The van der Waals surface area contributed by atoms with Crippen LogP contribution in [0.2, 0.25) is 0 Å². The molecule has 6 heteroatoms. The van der Waals surface area contributed by atoms with Crippen molar-refractivity contribution in [1.29, 1.82) is 0 Å². The molecule has 2 unspecified atom stereocenters. The van der Waals surface area contributed by atoms with Crippen molar-refractivity contribution >= 4 is 17.3 Å². The Morgan fingerprint density at radius 2 is 2.05 bits per heavy atom. The van der Waals surface area contributed by atoms with Crippen LogP contribution in [0.25, 0.3) is 5.57 Å². The van der Waals surface area contributed by atoms with Crippen LogP contribution in [0.3, 0.4) is 0 Å². The average molecular weight is 318 g/mol. The Hall–Kier alpha value is -1.17. The molecule has 1 aromatic rings. The lowest BCUT2D eigenvalue weighted by Gasteiger charge is -2.21. The topological polar surface area (TPSA) is 9.23 Å². The molecular formula is C15H14F4OS. The number of benzene rings is 1. The second-order valence-corrected chi connectivity index (χ2v) is 6.81. The van der Waals surface area contributed by atoms with Gasteiger partial charge in [-0.25, -0.2) is 0 Å². The maximum Gasteiger partial charge on any atom is 0.461 e. The first-order valence-corrected chi connectivity index (χ1v) is 7.70. The van der Waals surface area contributed by atoms with Crippen LogP contribution < -0.4 is 4.74 Å². The minimum Gasteiger partial charge on any atom is -0.428 e. The van der Waals surface area contributed by atoms with Gasteiger partial charge in [-0.2, -0.15) is 29.3 Å². The zero-order valence-electron chi connectivity index (χ0n) is 11.1. The Bertz CT molecular complexity index is 558. The van der Waals surface area contributed by atoms with E-state index in [-0.39, 0.29) is 5.75 Å². The van der Waals surface area contributed by atoms with Gasteiger partial charge >= 0.3 is 12.5 Å². The zero-order valence-corrected chi connectivity index (χ0v) is 11.9. The van der Waals surface area contributed by atoms with E-state index in [2.05, 4.69) is 10.8 Å². The van der Waals surface area contributed by atoms with E-state index in [1.165, 1.54) is 12.1 Å². The lowest BCUT2D eigenvalue weighted by atomic mass is 10.0. The summed E-state index contributed by atoms with van der Waals surface area (Å²) in [4.78, 5) is 0. The molecule has 0 aliphatic carbocycles. The molecule has 21 heavy (non-hydrogen) atoms. The number of thioether (sulfide) groups is 1. The quantitative estimate of drug-likeness (QED) is 0.725. The Morgan fingerprint density at radius 3 is 2.76 bits per heavy atom. The zero-order chi connectivity index (χ0) is 15.0. The highest BCUT2D eigenvalue weighted by Crippen LogP contribution is 2.45. The third kappa shape index (κ3) is 3.20. The molecule has 1 nitrogen and oxygen atoms in total. The van der Waals surface area contributed by atoms with Gasteiger partial charge in [0, 0.05) is 10.5 Å². The van der Waals surface area contributed by atoms with Crippen molar-refractivity contribution in [1.82, 2.24) is 0 Å². The molecule has 2 aliphatic rings. The second kappa shape index (κ2) is 5.55. The maximum absolute atomic E-state index is 12.9. The SMILES string of the molecule is FC(F)C(F)(F)Oc1cccc(C2=CC3CCC(C2)S3)c1. The van der Waals surface area contributed by atoms with E-state index < -0.39 is 12.5 Å². The molecule has 0 aromatic heterocycles. The first kappa shape index (κ1) is 14.8. The molecule has 2 aliphatic heterocycles. The van der Waals surface area contributed by atoms with Crippen molar-refractivity contribution in [2.24, 2.45) is 0 Å². The number of allylic oxidation sites excluding steroid dienone is 1. The molecule has 3 rings (SSSR count). The summed E-state index contributed by atoms with van der Waals surface area (Å²) in [5.74, 6) is -0.232. The summed E-state index contributed by atoms with van der Waals surface area (Å²) < 4.78 is 54.4. The van der Waals surface area contributed by atoms with Crippen LogP contribution in [-0.4, -0.2) is 23.0 Å². The third-order valence-corrected chi connectivity index (χ3v) is 5.20. The summed E-state index contributed by atoms with van der Waals surface area (Å²) >= 11 is 1.94. The van der Waals surface area contributed by atoms with Gasteiger partial charge < -0.3 is 4.74 Å². The molecule has 1 aromatic carbocycles. The number of fused-ring (bicyclic) bond motifs is 2. The molecule has 0 N–H and O–H groups in total. The smallest absolute Gasteiger partial charge is 0.428 e. The molecule has 2 atom stereocenters. The maximum atomic E-state index is 12.9. The van der Waals surface area contributed by atoms with Gasteiger partial charge in [-0.1, -0.05) is 18.2 Å². The first-order valence-electron chi connectivity index (χ1n) is 6.75. The summed E-state index contributed by atoms with van der Waals surface area (Å²) in [6.07, 6.45) is -2.97. The molecule has 114 valence electrons. The number of halogens is 4. The monoisotopic (exact) mass is 318 g/mol. The normalized spacial score (nSPS) is 25.1. The molecular weight excluding hydrogens is 304 g/mol. The summed E-state index contributed by atoms with van der Waals surface area (Å²) in [5, 5.41) is 1.05. The van der Waals surface area contributed by atoms with Gasteiger partial charge in [0.15, 0.2) is 0 Å². The lowest BCUT2D eigenvalue weighted by molar-refractivity contribution is -0.253. The number of hydrogen-bond acceptors (Lipinski definition) is 2. The molecule has 2 bridgehead atoms. The first-order chi connectivity index (χ1) is 9.94. The number of rotatable bonds is 4. The Kier molecular flexibility index (Phi) is 3.90. The van der Waals surface area contributed by atoms with E-state index in [1.54, 1.807) is 12.1 Å². The van der Waals surface area contributed by atoms with E-state index >= 15 is 0 Å². The Balaban J connectivity index is 1.81. The average Bonchev–Trinajstić information content (AvgIpc) is 2.77. The van der Waals surface area contributed by atoms with Crippen LogP contribution in [0, 0.1) is 0 Å². The number of alkyl halides is 4. The van der Waals surface area contributed by atoms with Crippen molar-refractivity contribution in [3.05, 3.63) is 35.9 Å². The van der Waals surface area contributed by atoms with Gasteiger partial charge in [-0.15, -0.1) is 0 Å². The van der Waals surface area contributed by atoms with Gasteiger partial charge in [0.1, 0.15) is 5.75 Å². The Morgan fingerprint density at radius 1 is 1.24 bits per heavy atom. The second-order valence-electron chi connectivity index (χ2n) is 5.26. The Labute approximate surface area is 124 Å². The van der Waals surface area contributed by atoms with Crippen LogP contribution in [0.1, 0.15) is 24.8 Å². The van der Waals surface area contributed by atoms with E-state index in [4.69, 9.17) is 0 Å². The van der Waals surface area contributed by atoms with Gasteiger partial charge in [0.05, 0.1) is 0 Å². The van der Waals surface area contributed by atoms with Gasteiger partial charge in [0.2, 0.25) is 0 Å². The molecule has 1 saturated heterocycles. The van der Waals surface area contributed by atoms with Crippen molar-refractivity contribution < 1.29 is 22.3 Å². The summed E-state index contributed by atoms with van der Waals surface area (Å²) in [5.41, 5.74) is 1.86. The molecule has 0 spiro atoms. The molecule has 0 amide bonds. The number of ether oxygens (including phenoxy) is 1. The highest BCUT2D eigenvalue weighted by molar-refractivity contribution is 8.01. The fraction of sp³-hybridized carbons (Fsp3) is 0.467. The minimum atomic E-state index is -4.46. The van der Waals surface area contributed by atoms with Crippen LogP contribution >= 0.6 is 11.8 Å². The van der Waals surface area contributed by atoms with E-state index in [0.29, 0.717) is 10.5 Å². The lowest BCUT2D eigenvalue weighted by Crippen LogP contribution is -2.33. The summed E-state index contributed by atoms with van der Waals surface area (Å²) in [6.45, 7) is 0. The molecule has 0 radical (unpaired) electrons. The molecule has 1 fully saturated rings. The van der Waals surface area contributed by atoms with Crippen LogP contribution in [0.15, 0.2) is 30.3 Å². The van der Waals surface area contributed by atoms with Gasteiger partial charge in [-0.3, -0.25) is 0 Å². The fourth-order valence-corrected chi connectivity index (χ4v) is 4.28. The van der Waals surface area contributed by atoms with Crippen molar-refractivity contribution in [3.63, 3.8) is 0 Å². The van der Waals surface area contributed by atoms with Gasteiger partial charge in [-0.05, 0) is 42.5 Å². The third-order valence-electron chi connectivity index (χ3n) is 3.69. The van der Waals surface area contributed by atoms with Crippen molar-refractivity contribution in [3.8, 4) is 5.75 Å². The standard InChI is InChI=1S/C15H14F4OS/c16-14(17)15(18,19)20-11-3-1-2-9(6-11)10-7-12-4-5-13(8-10)21-12/h1-3,6-7,12-14H,4-5,8H2. The highest BCUT2D eigenvalue weighted by Gasteiger charge is 2.44. The van der Waals surface area contributed by atoms with Gasteiger partial charge in [0.25, 0.3) is 0 Å². The summed E-state index contributed by atoms with van der Waals surface area (Å²) in [6, 6.07) is 6.04. The van der Waals surface area contributed by atoms with Crippen LogP contribution in [0.4, 0.5) is 17.6 Å². The number of hydrogen-bond donors (Lipinski definition) is 0. The highest BCUT2D eigenvalue weighted by atomic mass is 32.2. The minimum absolute atomic E-state index is 0.232. The van der Waals surface area contributed by atoms with E-state index in [9.17, 15) is 17.6 Å². The molecule has 0 saturated carbocycles. The summed E-state index contributed by atoms with van der Waals surface area (Å²) in [7, 11) is 0. The van der Waals surface area contributed by atoms with Crippen LogP contribution in [0.5, 0.6) is 5.75 Å². The van der Waals surface area contributed by atoms with E-state index in [1.807, 2.05) is 11.8 Å². The predicted octanol–water partition coefficient (Wildman–Crippen LogP) is 4.97. The van der Waals surface area contributed by atoms with Crippen molar-refractivity contribution in [2.75, 3.05) is 0 Å². The van der Waals surface area contributed by atoms with E-state index in [0.717, 1.165) is 30.4 Å². The molecule has 2 heterocycles. The van der Waals surface area contributed by atoms with Crippen molar-refractivity contribution in [2.45, 2.75) is 42.3 Å².